The van der Waals surface area contributed by atoms with Gasteiger partial charge in [-0.25, -0.2) is 0 Å². The van der Waals surface area contributed by atoms with Gasteiger partial charge in [-0.15, -0.1) is 0 Å². The van der Waals surface area contributed by atoms with Crippen LogP contribution in [0.15, 0.2) is 0 Å². The number of rotatable bonds is 3. The molecule has 114 valence electrons. The van der Waals surface area contributed by atoms with E-state index in [-0.39, 0.29) is 65.0 Å². The van der Waals surface area contributed by atoms with E-state index < -0.39 is 23.8 Å². The molecule has 0 N–H and O–H groups in total. The second kappa shape index (κ2) is 11.5. The van der Waals surface area contributed by atoms with Crippen LogP contribution in [0.2, 0.25) is 0 Å². The zero-order valence-electron chi connectivity index (χ0n) is 14.0. The van der Waals surface area contributed by atoms with Gasteiger partial charge in [-0.2, -0.15) is 0 Å². The van der Waals surface area contributed by atoms with E-state index >= 15 is 0 Å². The number of aliphatic carboxylic acids is 2. The van der Waals surface area contributed by atoms with Gasteiger partial charge in [0.1, 0.15) is 0 Å². The van der Waals surface area contributed by atoms with E-state index in [9.17, 15) is 19.8 Å². The largest absolute Gasteiger partial charge is 1.00 e. The molecule has 0 amide bonds. The van der Waals surface area contributed by atoms with E-state index in [4.69, 9.17) is 0 Å². The predicted molar refractivity (Wildman–Crippen MR) is 70.1 cm³/mol. The standard InChI is InChI=1S/C16H26O4.2Na/c17-15(18)13-10-6-5-9-12(14(13)16(19)20)11-7-3-1-2-4-8-11;;/h11-14H,1-10H2,(H,17,18)(H,19,20);;/q;2*+1/p-2/t12-,13?,14+;;/m0../s1. The van der Waals surface area contributed by atoms with Crippen LogP contribution in [0, 0.1) is 23.7 Å². The fourth-order valence-electron chi connectivity index (χ4n) is 4.27. The van der Waals surface area contributed by atoms with Gasteiger partial charge in [0.15, 0.2) is 0 Å². The molecule has 1 unspecified atom stereocenters. The molecule has 2 aliphatic carbocycles. The molecule has 0 saturated heterocycles. The number of carboxylic acid groups (broad SMARTS) is 2. The second-order valence-corrected chi connectivity index (χ2v) is 6.47. The summed E-state index contributed by atoms with van der Waals surface area (Å²) >= 11 is 0. The maximum atomic E-state index is 11.6. The molecule has 3 atom stereocenters. The van der Waals surface area contributed by atoms with Crippen molar-refractivity contribution in [3.63, 3.8) is 0 Å². The molecule has 4 nitrogen and oxygen atoms in total. The van der Waals surface area contributed by atoms with Crippen LogP contribution in [0.1, 0.15) is 64.2 Å². The summed E-state index contributed by atoms with van der Waals surface area (Å²) in [5, 5.41) is 22.9. The minimum atomic E-state index is -1.21. The van der Waals surface area contributed by atoms with Crippen molar-refractivity contribution in [1.29, 1.82) is 0 Å². The van der Waals surface area contributed by atoms with E-state index in [1.165, 1.54) is 12.8 Å². The molecular weight excluding hydrogens is 302 g/mol. The molecule has 0 radical (unpaired) electrons. The van der Waals surface area contributed by atoms with Crippen LogP contribution in [0.25, 0.3) is 0 Å². The van der Waals surface area contributed by atoms with E-state index in [1.807, 2.05) is 0 Å². The van der Waals surface area contributed by atoms with Crippen LogP contribution in [-0.4, -0.2) is 11.9 Å². The first-order valence-electron chi connectivity index (χ1n) is 8.03. The maximum Gasteiger partial charge on any atom is 1.00 e. The first-order chi connectivity index (χ1) is 9.61. The van der Waals surface area contributed by atoms with Gasteiger partial charge in [-0.3, -0.25) is 0 Å². The molecule has 2 rings (SSSR count). The SMILES string of the molecule is O=C([O-])C1CCCC[C@@H](C2CCCCCC2)[C@H]1C(=O)[O-].[Na+].[Na+]. The maximum absolute atomic E-state index is 11.6. The Kier molecular flexibility index (Phi) is 12.0. The Labute approximate surface area is 177 Å². The summed E-state index contributed by atoms with van der Waals surface area (Å²) in [5.41, 5.74) is 0. The first kappa shape index (κ1) is 22.9. The van der Waals surface area contributed by atoms with Gasteiger partial charge in [0.05, 0.1) is 0 Å². The molecular formula is C16H24Na2O4. The molecule has 2 aliphatic rings. The molecule has 2 fully saturated rings. The topological polar surface area (TPSA) is 80.3 Å². The van der Waals surface area contributed by atoms with Crippen LogP contribution in [0.3, 0.4) is 0 Å². The summed E-state index contributed by atoms with van der Waals surface area (Å²) in [5.74, 6) is -3.81. The van der Waals surface area contributed by atoms with Crippen LogP contribution >= 0.6 is 0 Å². The molecule has 0 spiro atoms. The Bertz CT molecular complexity index is 354. The van der Waals surface area contributed by atoms with Gasteiger partial charge in [-0.05, 0) is 24.7 Å². The van der Waals surface area contributed by atoms with Crippen molar-refractivity contribution in [2.24, 2.45) is 23.7 Å². The van der Waals surface area contributed by atoms with E-state index in [2.05, 4.69) is 0 Å². The fourth-order valence-corrected chi connectivity index (χ4v) is 4.27. The number of carboxylic acids is 2. The molecule has 6 heteroatoms. The van der Waals surface area contributed by atoms with Gasteiger partial charge < -0.3 is 19.8 Å². The first-order valence-corrected chi connectivity index (χ1v) is 8.03. The van der Waals surface area contributed by atoms with Gasteiger partial charge in [0, 0.05) is 23.8 Å². The van der Waals surface area contributed by atoms with Gasteiger partial charge in [-0.1, -0.05) is 51.4 Å². The summed E-state index contributed by atoms with van der Waals surface area (Å²) in [6.07, 6.45) is 9.72. The number of hydrogen-bond donors (Lipinski definition) is 0. The van der Waals surface area contributed by atoms with Gasteiger partial charge in [0.2, 0.25) is 0 Å². The van der Waals surface area contributed by atoms with Crippen LogP contribution in [0.4, 0.5) is 0 Å². The third-order valence-corrected chi connectivity index (χ3v) is 5.28. The number of carbonyl (C=O) groups is 2. The zero-order chi connectivity index (χ0) is 14.5. The third-order valence-electron chi connectivity index (χ3n) is 5.28. The summed E-state index contributed by atoms with van der Waals surface area (Å²) in [4.78, 5) is 22.9. The van der Waals surface area contributed by atoms with Crippen LogP contribution < -0.4 is 69.3 Å². The Morgan fingerprint density at radius 2 is 1.18 bits per heavy atom. The quantitative estimate of drug-likeness (QED) is 0.384. The Morgan fingerprint density at radius 1 is 0.682 bits per heavy atom. The monoisotopic (exact) mass is 326 g/mol. The summed E-state index contributed by atoms with van der Waals surface area (Å²) in [7, 11) is 0. The van der Waals surface area contributed by atoms with Crippen LogP contribution in [0.5, 0.6) is 0 Å². The minimum Gasteiger partial charge on any atom is -0.550 e. The van der Waals surface area contributed by atoms with Crippen molar-refractivity contribution >= 4 is 11.9 Å². The van der Waals surface area contributed by atoms with E-state index in [0.717, 1.165) is 44.9 Å². The third kappa shape index (κ3) is 6.10. The molecule has 0 aromatic heterocycles. The average molecular weight is 326 g/mol. The van der Waals surface area contributed by atoms with Crippen molar-refractivity contribution in [3.8, 4) is 0 Å². The Balaban J connectivity index is 0.00000220. The molecule has 0 aromatic rings. The van der Waals surface area contributed by atoms with Crippen molar-refractivity contribution < 1.29 is 78.9 Å². The van der Waals surface area contributed by atoms with Crippen molar-refractivity contribution in [2.75, 3.05) is 0 Å². The Hall–Kier alpha value is 0.940. The Morgan fingerprint density at radius 3 is 1.68 bits per heavy atom. The fraction of sp³-hybridized carbons (Fsp3) is 0.875. The predicted octanol–water partition coefficient (Wildman–Crippen LogP) is -5.11. The molecule has 0 bridgehead atoms. The molecule has 0 aliphatic heterocycles. The summed E-state index contributed by atoms with van der Waals surface area (Å²) in [6, 6.07) is 0. The molecule has 0 aromatic carbocycles. The average Bonchev–Trinajstić information content (AvgIpc) is 2.78. The van der Waals surface area contributed by atoms with Crippen molar-refractivity contribution in [2.45, 2.75) is 64.2 Å². The van der Waals surface area contributed by atoms with Crippen LogP contribution in [-0.2, 0) is 9.59 Å². The molecule has 0 heterocycles. The smallest absolute Gasteiger partial charge is 0.550 e. The van der Waals surface area contributed by atoms with Gasteiger partial charge >= 0.3 is 59.1 Å². The normalized spacial score (nSPS) is 30.1. The summed E-state index contributed by atoms with van der Waals surface area (Å²) < 4.78 is 0. The van der Waals surface area contributed by atoms with Crippen molar-refractivity contribution in [3.05, 3.63) is 0 Å². The summed E-state index contributed by atoms with van der Waals surface area (Å²) in [6.45, 7) is 0. The van der Waals surface area contributed by atoms with Crippen molar-refractivity contribution in [1.82, 2.24) is 0 Å². The van der Waals surface area contributed by atoms with E-state index in [0.29, 0.717) is 12.3 Å². The zero-order valence-corrected chi connectivity index (χ0v) is 18.0. The second-order valence-electron chi connectivity index (χ2n) is 6.47. The number of carbonyl (C=O) groups excluding carboxylic acids is 2. The minimum absolute atomic E-state index is 0. The molecule has 2 saturated carbocycles. The van der Waals surface area contributed by atoms with Gasteiger partial charge in [0.25, 0.3) is 0 Å². The van der Waals surface area contributed by atoms with E-state index in [1.54, 1.807) is 0 Å². The number of hydrogen-bond acceptors (Lipinski definition) is 4. The molecule has 22 heavy (non-hydrogen) atoms.